The molecule has 0 heterocycles. The summed E-state index contributed by atoms with van der Waals surface area (Å²) in [7, 11) is -8.43. The van der Waals surface area contributed by atoms with E-state index in [1.165, 1.54) is 24.3 Å². The number of hydrogen-bond acceptors (Lipinski definition) is 3. The molecule has 3 rings (SSSR count). The fourth-order valence-electron chi connectivity index (χ4n) is 2.78. The molecular formula is C22H11F13O3S2. The van der Waals surface area contributed by atoms with Crippen LogP contribution in [-0.2, 0) is 21.0 Å². The first-order valence-electron chi connectivity index (χ1n) is 9.90. The Morgan fingerprint density at radius 1 is 0.550 bits per heavy atom. The van der Waals surface area contributed by atoms with E-state index in [0.29, 0.717) is 14.7 Å². The Bertz CT molecular complexity index is 1350. The fourth-order valence-corrected chi connectivity index (χ4v) is 5.39. The molecule has 0 fully saturated rings. The van der Waals surface area contributed by atoms with E-state index in [1.54, 1.807) is 30.3 Å². The Morgan fingerprint density at radius 3 is 1.20 bits per heavy atom. The van der Waals surface area contributed by atoms with E-state index in [2.05, 4.69) is 0 Å². The van der Waals surface area contributed by atoms with Gasteiger partial charge in [0.25, 0.3) is 0 Å². The van der Waals surface area contributed by atoms with Crippen molar-refractivity contribution in [2.45, 2.75) is 38.0 Å². The number of benzene rings is 3. The van der Waals surface area contributed by atoms with Gasteiger partial charge in [-0.25, -0.2) is 26.0 Å². The third-order valence-electron chi connectivity index (χ3n) is 4.55. The van der Waals surface area contributed by atoms with Crippen molar-refractivity contribution < 1.29 is 70.0 Å². The van der Waals surface area contributed by atoms with Crippen molar-refractivity contribution >= 4 is 21.0 Å². The minimum Gasteiger partial charge on any atom is -0.743 e. The quantitative estimate of drug-likeness (QED) is 0.163. The maximum Gasteiger partial charge on any atom is 0.460 e. The lowest BCUT2D eigenvalue weighted by Crippen LogP contribution is -2.63. The van der Waals surface area contributed by atoms with E-state index in [1.807, 2.05) is 0 Å². The molecule has 3 aromatic carbocycles. The van der Waals surface area contributed by atoms with Crippen LogP contribution in [0.5, 0.6) is 0 Å². The van der Waals surface area contributed by atoms with Crippen molar-refractivity contribution in [2.75, 3.05) is 0 Å². The van der Waals surface area contributed by atoms with Gasteiger partial charge in [0, 0.05) is 36.4 Å². The highest BCUT2D eigenvalue weighted by Crippen LogP contribution is 2.54. The molecule has 0 aliphatic carbocycles. The summed E-state index contributed by atoms with van der Waals surface area (Å²) in [6.45, 7) is 0. The van der Waals surface area contributed by atoms with Crippen LogP contribution in [0.15, 0.2) is 81.4 Å². The maximum atomic E-state index is 13.6. The van der Waals surface area contributed by atoms with Crippen molar-refractivity contribution in [1.29, 1.82) is 0 Å². The van der Waals surface area contributed by atoms with Crippen LogP contribution in [0, 0.1) is 23.3 Å². The molecule has 3 aromatic rings. The molecule has 0 aliphatic heterocycles. The van der Waals surface area contributed by atoms with Crippen LogP contribution < -0.4 is 0 Å². The normalized spacial score (nSPS) is 13.2. The smallest absolute Gasteiger partial charge is 0.460 e. The van der Waals surface area contributed by atoms with E-state index < -0.39 is 67.6 Å². The highest BCUT2D eigenvalue weighted by atomic mass is 32.2. The van der Waals surface area contributed by atoms with Crippen molar-refractivity contribution in [3.63, 3.8) is 0 Å². The van der Waals surface area contributed by atoms with E-state index >= 15 is 0 Å². The summed E-state index contributed by atoms with van der Waals surface area (Å²) in [5.41, 5.74) is 0. The Balaban J connectivity index is 0.000000296. The van der Waals surface area contributed by atoms with E-state index in [-0.39, 0.29) is 0 Å². The average Bonchev–Trinajstić information content (AvgIpc) is 2.77. The zero-order valence-corrected chi connectivity index (χ0v) is 20.4. The van der Waals surface area contributed by atoms with E-state index in [4.69, 9.17) is 0 Å². The Morgan fingerprint density at radius 2 is 0.900 bits per heavy atom. The third-order valence-corrected chi connectivity index (χ3v) is 7.59. The predicted octanol–water partition coefficient (Wildman–Crippen LogP) is 7.30. The standard InChI is InChI=1S/C18H11F4S.C4HF9O3S/c19-12-6-13(20)9-17(8-12)23(16-4-2-1-3-5-16)18-10-14(21)7-15(22)11-18;5-1(6,3(9,10)11)2(7,8)4(12,13)17(14,15)16/h1-11H;(H,14,15,16)/q+1;/p-1. The summed E-state index contributed by atoms with van der Waals surface area (Å²) >= 11 is 0. The molecule has 3 nitrogen and oxygen atoms in total. The first-order valence-corrected chi connectivity index (χ1v) is 12.5. The molecule has 0 saturated carbocycles. The lowest BCUT2D eigenvalue weighted by molar-refractivity contribution is -0.382. The van der Waals surface area contributed by atoms with Crippen LogP contribution in [0.3, 0.4) is 0 Å². The third kappa shape index (κ3) is 6.83. The lowest BCUT2D eigenvalue weighted by Gasteiger charge is -2.34. The van der Waals surface area contributed by atoms with Gasteiger partial charge >= 0.3 is 23.3 Å². The van der Waals surface area contributed by atoms with Gasteiger partial charge in [-0.15, -0.1) is 0 Å². The molecule has 0 radical (unpaired) electrons. The Kier molecular flexibility index (Phi) is 9.53. The summed E-state index contributed by atoms with van der Waals surface area (Å²) in [5.74, 6) is -17.7. The highest BCUT2D eigenvalue weighted by molar-refractivity contribution is 7.97. The molecule has 220 valence electrons. The van der Waals surface area contributed by atoms with Crippen LogP contribution in [0.1, 0.15) is 0 Å². The topological polar surface area (TPSA) is 57.2 Å². The largest absolute Gasteiger partial charge is 0.743 e. The first-order chi connectivity index (χ1) is 18.0. The van der Waals surface area contributed by atoms with Gasteiger partial charge in [0.2, 0.25) is 0 Å². The maximum absolute atomic E-state index is 13.6. The van der Waals surface area contributed by atoms with Crippen LogP contribution in [-0.4, -0.2) is 36.2 Å². The van der Waals surface area contributed by atoms with Crippen LogP contribution in [0.25, 0.3) is 0 Å². The van der Waals surface area contributed by atoms with Gasteiger partial charge in [-0.2, -0.15) is 39.5 Å². The molecule has 0 aromatic heterocycles. The van der Waals surface area contributed by atoms with Crippen molar-refractivity contribution in [3.8, 4) is 0 Å². The first kappa shape index (κ1) is 33.2. The minimum absolute atomic E-state index is 0.318. The zero-order chi connectivity index (χ0) is 30.9. The molecular weight excluding hydrogens is 623 g/mol. The van der Waals surface area contributed by atoms with Crippen LogP contribution >= 0.6 is 0 Å². The van der Waals surface area contributed by atoms with Gasteiger partial charge in [0.15, 0.2) is 24.8 Å². The summed E-state index contributed by atoms with van der Waals surface area (Å²) in [6.07, 6.45) is -7.16. The van der Waals surface area contributed by atoms with Crippen molar-refractivity contribution in [1.82, 2.24) is 0 Å². The molecule has 0 saturated heterocycles. The van der Waals surface area contributed by atoms with Gasteiger partial charge in [-0.3, -0.25) is 0 Å². The number of hydrogen-bond donors (Lipinski definition) is 0. The SMILES string of the molecule is Fc1cc(F)cc([S+](c2ccccc2)c2cc(F)cc(F)c2)c1.O=S(=O)([O-])C(F)(F)C(F)(F)C(F)(F)C(F)(F)F. The van der Waals surface area contributed by atoms with Gasteiger partial charge in [-0.1, -0.05) is 18.2 Å². The van der Waals surface area contributed by atoms with Gasteiger partial charge in [-0.05, 0) is 12.1 Å². The summed E-state index contributed by atoms with van der Waals surface area (Å²) in [6, 6.07) is 15.1. The molecule has 0 aliphatic rings. The molecule has 0 atom stereocenters. The summed E-state index contributed by atoms with van der Waals surface area (Å²) in [5, 5.41) is -7.11. The second kappa shape index (κ2) is 11.5. The van der Waals surface area contributed by atoms with Crippen molar-refractivity contribution in [2.24, 2.45) is 0 Å². The van der Waals surface area contributed by atoms with Crippen LogP contribution in [0.2, 0.25) is 0 Å². The number of halogens is 13. The van der Waals surface area contributed by atoms with Gasteiger partial charge < -0.3 is 4.55 Å². The molecule has 0 unspecified atom stereocenters. The molecule has 0 N–H and O–H groups in total. The molecule has 40 heavy (non-hydrogen) atoms. The van der Waals surface area contributed by atoms with Crippen LogP contribution in [0.4, 0.5) is 57.1 Å². The molecule has 0 bridgehead atoms. The Labute approximate surface area is 219 Å². The fraction of sp³-hybridized carbons (Fsp3) is 0.182. The Hall–Kier alpha value is -2.99. The second-order valence-corrected chi connectivity index (χ2v) is 10.9. The average molecular weight is 634 g/mol. The number of rotatable bonds is 6. The monoisotopic (exact) mass is 634 g/mol. The highest BCUT2D eigenvalue weighted by Gasteiger charge is 2.83. The predicted molar refractivity (Wildman–Crippen MR) is 112 cm³/mol. The number of alkyl halides is 9. The second-order valence-electron chi connectivity index (χ2n) is 7.45. The lowest BCUT2D eigenvalue weighted by atomic mass is 10.1. The summed E-state index contributed by atoms with van der Waals surface area (Å²) in [4.78, 5) is 1.35. The summed E-state index contributed by atoms with van der Waals surface area (Å²) < 4.78 is 190. The molecule has 0 amide bonds. The molecule has 0 spiro atoms. The van der Waals surface area contributed by atoms with E-state index in [0.717, 1.165) is 12.1 Å². The van der Waals surface area contributed by atoms with Gasteiger partial charge in [0.05, 0.1) is 10.9 Å². The van der Waals surface area contributed by atoms with E-state index in [9.17, 15) is 70.0 Å². The van der Waals surface area contributed by atoms with Gasteiger partial charge in [0.1, 0.15) is 23.3 Å². The zero-order valence-electron chi connectivity index (χ0n) is 18.8. The minimum atomic E-state index is -7.43. The van der Waals surface area contributed by atoms with Crippen molar-refractivity contribution in [3.05, 3.63) is 90.0 Å². The molecule has 18 heteroatoms.